The Balaban J connectivity index is 1.70. The van der Waals surface area contributed by atoms with Crippen LogP contribution < -0.4 is 10.9 Å². The number of pyridine rings is 1. The fourth-order valence-corrected chi connectivity index (χ4v) is 4.73. The van der Waals surface area contributed by atoms with Crippen LogP contribution in [-0.2, 0) is 0 Å². The van der Waals surface area contributed by atoms with Crippen molar-refractivity contribution in [2.45, 2.75) is 18.9 Å². The number of H-pyrrole nitrogens is 1. The molecule has 1 fully saturated rings. The van der Waals surface area contributed by atoms with Crippen LogP contribution in [0.2, 0.25) is 0 Å². The van der Waals surface area contributed by atoms with Crippen LogP contribution in [0.1, 0.15) is 43.8 Å². The van der Waals surface area contributed by atoms with Crippen molar-refractivity contribution in [1.82, 2.24) is 15.2 Å². The molecule has 27 heavy (non-hydrogen) atoms. The minimum Gasteiger partial charge on any atom is -0.354 e. The molecular weight excluding hydrogens is 362 g/mol. The van der Waals surface area contributed by atoms with Crippen molar-refractivity contribution in [3.8, 4) is 0 Å². The molecular formula is C20H19N3O3S. The Bertz CT molecular complexity index is 1090. The predicted molar refractivity (Wildman–Crippen MR) is 105 cm³/mol. The van der Waals surface area contributed by atoms with E-state index in [-0.39, 0.29) is 23.4 Å². The minimum absolute atomic E-state index is 0.0494. The zero-order valence-electron chi connectivity index (χ0n) is 14.8. The average Bonchev–Trinajstić information content (AvgIpc) is 3.36. The Morgan fingerprint density at radius 2 is 1.96 bits per heavy atom. The number of hydrogen-bond donors (Lipinski definition) is 2. The average molecular weight is 381 g/mol. The summed E-state index contributed by atoms with van der Waals surface area (Å²) >= 11 is 1.42. The van der Waals surface area contributed by atoms with Crippen molar-refractivity contribution in [2.24, 2.45) is 0 Å². The first-order valence-electron chi connectivity index (χ1n) is 8.83. The van der Waals surface area contributed by atoms with Crippen molar-refractivity contribution < 1.29 is 9.59 Å². The smallest absolute Gasteiger partial charge is 0.261 e. The van der Waals surface area contributed by atoms with E-state index in [1.807, 2.05) is 17.0 Å². The van der Waals surface area contributed by atoms with Gasteiger partial charge in [0.2, 0.25) is 0 Å². The van der Waals surface area contributed by atoms with Crippen LogP contribution in [-0.4, -0.2) is 35.3 Å². The molecule has 0 radical (unpaired) electrons. The Hall–Kier alpha value is -2.93. The molecule has 1 aromatic carbocycles. The molecule has 3 aromatic rings. The Morgan fingerprint density at radius 1 is 1.19 bits per heavy atom. The Kier molecular flexibility index (Phi) is 4.53. The molecule has 138 valence electrons. The largest absolute Gasteiger partial charge is 0.354 e. The summed E-state index contributed by atoms with van der Waals surface area (Å²) in [6, 6.07) is 10.8. The maximum absolute atomic E-state index is 13.3. The van der Waals surface area contributed by atoms with Gasteiger partial charge in [-0.15, -0.1) is 11.3 Å². The van der Waals surface area contributed by atoms with Crippen LogP contribution in [0, 0.1) is 0 Å². The van der Waals surface area contributed by atoms with Crippen molar-refractivity contribution in [3.63, 3.8) is 0 Å². The third-order valence-electron chi connectivity index (χ3n) is 4.96. The summed E-state index contributed by atoms with van der Waals surface area (Å²) < 4.78 is 0. The quantitative estimate of drug-likeness (QED) is 0.732. The predicted octanol–water partition coefficient (Wildman–Crippen LogP) is 2.93. The first-order valence-corrected chi connectivity index (χ1v) is 9.65. The minimum atomic E-state index is -0.200. The van der Waals surface area contributed by atoms with E-state index in [4.69, 9.17) is 0 Å². The van der Waals surface area contributed by atoms with Gasteiger partial charge in [-0.05, 0) is 31.0 Å². The monoisotopic (exact) mass is 381 g/mol. The van der Waals surface area contributed by atoms with Crippen LogP contribution in [0.3, 0.4) is 0 Å². The number of thiophene rings is 1. The number of aromatic nitrogens is 1. The molecule has 2 aromatic heterocycles. The molecule has 0 saturated carbocycles. The van der Waals surface area contributed by atoms with Gasteiger partial charge in [0.05, 0.1) is 16.5 Å². The second-order valence-electron chi connectivity index (χ2n) is 6.51. The van der Waals surface area contributed by atoms with Crippen molar-refractivity contribution in [3.05, 3.63) is 68.3 Å². The molecule has 0 bridgehead atoms. The van der Waals surface area contributed by atoms with Crippen LogP contribution in [0.4, 0.5) is 0 Å². The normalized spacial score (nSPS) is 16.6. The molecule has 0 aliphatic carbocycles. The van der Waals surface area contributed by atoms with Crippen LogP contribution in [0.15, 0.2) is 47.4 Å². The van der Waals surface area contributed by atoms with Gasteiger partial charge in [-0.3, -0.25) is 14.4 Å². The molecule has 3 heterocycles. The lowest BCUT2D eigenvalue weighted by atomic mass is 10.1. The number of nitrogens with zero attached hydrogens (tertiary/aromatic N) is 1. The number of carbonyl (C=O) groups is 2. The zero-order chi connectivity index (χ0) is 19.0. The van der Waals surface area contributed by atoms with E-state index in [0.717, 1.165) is 17.7 Å². The molecule has 1 saturated heterocycles. The lowest BCUT2D eigenvalue weighted by molar-refractivity contribution is 0.0739. The first-order chi connectivity index (χ1) is 13.1. The summed E-state index contributed by atoms with van der Waals surface area (Å²) in [4.78, 5) is 43.3. The number of carbonyl (C=O) groups excluding carboxylic acids is 2. The van der Waals surface area contributed by atoms with E-state index in [1.54, 1.807) is 31.3 Å². The molecule has 2 amide bonds. The highest BCUT2D eigenvalue weighted by Gasteiger charge is 2.32. The topological polar surface area (TPSA) is 82.3 Å². The van der Waals surface area contributed by atoms with Gasteiger partial charge in [0, 0.05) is 35.4 Å². The van der Waals surface area contributed by atoms with Crippen molar-refractivity contribution in [2.75, 3.05) is 13.6 Å². The molecule has 1 unspecified atom stereocenters. The maximum Gasteiger partial charge on any atom is 0.261 e. The van der Waals surface area contributed by atoms with Gasteiger partial charge < -0.3 is 15.2 Å². The molecule has 0 spiro atoms. The second-order valence-corrected chi connectivity index (χ2v) is 7.63. The summed E-state index contributed by atoms with van der Waals surface area (Å²) in [5, 5.41) is 3.80. The van der Waals surface area contributed by atoms with Gasteiger partial charge in [0.25, 0.3) is 17.4 Å². The van der Waals surface area contributed by atoms with Crippen LogP contribution >= 0.6 is 11.3 Å². The number of rotatable bonds is 3. The van der Waals surface area contributed by atoms with Gasteiger partial charge >= 0.3 is 0 Å². The molecule has 1 aliphatic rings. The summed E-state index contributed by atoms with van der Waals surface area (Å²) in [6.07, 6.45) is 3.28. The van der Waals surface area contributed by atoms with E-state index < -0.39 is 0 Å². The van der Waals surface area contributed by atoms with E-state index in [0.29, 0.717) is 27.8 Å². The van der Waals surface area contributed by atoms with Gasteiger partial charge in [0.1, 0.15) is 0 Å². The number of nitrogens with one attached hydrogen (secondary N) is 2. The fraction of sp³-hybridized carbons (Fsp3) is 0.250. The second kappa shape index (κ2) is 7.00. The van der Waals surface area contributed by atoms with Crippen LogP contribution in [0.25, 0.3) is 10.8 Å². The lowest BCUT2D eigenvalue weighted by Gasteiger charge is -2.24. The number of benzene rings is 1. The van der Waals surface area contributed by atoms with E-state index >= 15 is 0 Å². The van der Waals surface area contributed by atoms with Gasteiger partial charge in [-0.2, -0.15) is 0 Å². The van der Waals surface area contributed by atoms with Crippen molar-refractivity contribution in [1.29, 1.82) is 0 Å². The van der Waals surface area contributed by atoms with Gasteiger partial charge in [-0.25, -0.2) is 0 Å². The molecule has 2 N–H and O–H groups in total. The number of hydrogen-bond acceptors (Lipinski definition) is 4. The highest BCUT2D eigenvalue weighted by molar-refractivity contribution is 7.14. The number of fused-ring (bicyclic) bond motifs is 1. The summed E-state index contributed by atoms with van der Waals surface area (Å²) in [5.41, 5.74) is 0.300. The molecule has 1 atom stereocenters. The zero-order valence-corrected chi connectivity index (χ0v) is 15.6. The number of likely N-dealkylation sites (tertiary alicyclic amines) is 1. The van der Waals surface area contributed by atoms with E-state index in [9.17, 15) is 14.4 Å². The Labute approximate surface area is 159 Å². The molecule has 7 heteroatoms. The fourth-order valence-electron chi connectivity index (χ4n) is 3.62. The first kappa shape index (κ1) is 17.5. The number of amides is 2. The van der Waals surface area contributed by atoms with E-state index in [2.05, 4.69) is 10.3 Å². The Morgan fingerprint density at radius 3 is 2.74 bits per heavy atom. The van der Waals surface area contributed by atoms with Gasteiger partial charge in [0.15, 0.2) is 0 Å². The summed E-state index contributed by atoms with van der Waals surface area (Å²) in [6.45, 7) is 0.657. The number of aromatic amines is 1. The standard InChI is InChI=1S/C20H19N3O3S/c1-21-19(25)17-9-8-16(27-17)15-7-4-10-23(15)20(26)14-11-22-18(24)13-6-3-2-5-12(13)14/h2-3,5-6,8-9,11,15H,4,7,10H2,1H3,(H,21,25)(H,22,24). The molecule has 6 nitrogen and oxygen atoms in total. The molecule has 1 aliphatic heterocycles. The third kappa shape index (κ3) is 3.04. The van der Waals surface area contributed by atoms with E-state index in [1.165, 1.54) is 17.5 Å². The van der Waals surface area contributed by atoms with Crippen LogP contribution in [0.5, 0.6) is 0 Å². The highest BCUT2D eigenvalue weighted by Crippen LogP contribution is 2.37. The van der Waals surface area contributed by atoms with Gasteiger partial charge in [-0.1, -0.05) is 18.2 Å². The van der Waals surface area contributed by atoms with Crippen molar-refractivity contribution >= 4 is 33.9 Å². The summed E-state index contributed by atoms with van der Waals surface area (Å²) in [5.74, 6) is -0.214. The maximum atomic E-state index is 13.3. The summed E-state index contributed by atoms with van der Waals surface area (Å²) in [7, 11) is 1.61. The SMILES string of the molecule is CNC(=O)c1ccc(C2CCCN2C(=O)c2c[nH]c(=O)c3ccccc23)s1. The lowest BCUT2D eigenvalue weighted by Crippen LogP contribution is -2.31. The third-order valence-corrected chi connectivity index (χ3v) is 6.14. The molecule has 4 rings (SSSR count). The highest BCUT2D eigenvalue weighted by atomic mass is 32.1.